The topological polar surface area (TPSA) is 85.4 Å². The second-order valence-corrected chi connectivity index (χ2v) is 5.29. The molecule has 1 N–H and O–H groups in total. The summed E-state index contributed by atoms with van der Waals surface area (Å²) < 4.78 is 1.92. The number of nitrogens with zero attached hydrogens (tertiary/aromatic N) is 2. The summed E-state index contributed by atoms with van der Waals surface area (Å²) in [6.45, 7) is 2.23. The maximum absolute atomic E-state index is 11.5. The van der Waals surface area contributed by atoms with Crippen LogP contribution in [-0.2, 0) is 6.54 Å². The maximum Gasteiger partial charge on any atom is 0.338 e. The van der Waals surface area contributed by atoms with Gasteiger partial charge in [0.2, 0.25) is 0 Å². The van der Waals surface area contributed by atoms with Gasteiger partial charge in [-0.3, -0.25) is 10.1 Å². The summed E-state index contributed by atoms with van der Waals surface area (Å²) in [5.74, 6) is -0.957. The number of hydrogen-bond acceptors (Lipinski definition) is 3. The highest BCUT2D eigenvalue weighted by Crippen LogP contribution is 2.27. The van der Waals surface area contributed by atoms with Crippen molar-refractivity contribution in [1.29, 1.82) is 0 Å². The number of aromatic carboxylic acids is 1. The Labute approximate surface area is 131 Å². The SMILES string of the molecule is Cc1c(C(=O)O)c2ccccc2n1Cc1ccc([N+](=O)[O-])cc1. The fourth-order valence-electron chi connectivity index (χ4n) is 2.81. The number of nitro groups is 1. The smallest absolute Gasteiger partial charge is 0.338 e. The molecule has 6 heteroatoms. The monoisotopic (exact) mass is 310 g/mol. The summed E-state index contributed by atoms with van der Waals surface area (Å²) in [7, 11) is 0. The van der Waals surface area contributed by atoms with E-state index < -0.39 is 10.9 Å². The van der Waals surface area contributed by atoms with Gasteiger partial charge in [-0.1, -0.05) is 30.3 Å². The van der Waals surface area contributed by atoms with Crippen molar-refractivity contribution in [3.8, 4) is 0 Å². The third-order valence-electron chi connectivity index (χ3n) is 3.93. The van der Waals surface area contributed by atoms with E-state index in [-0.39, 0.29) is 5.69 Å². The third-order valence-corrected chi connectivity index (χ3v) is 3.93. The van der Waals surface area contributed by atoms with Crippen LogP contribution in [-0.4, -0.2) is 20.6 Å². The van der Waals surface area contributed by atoms with Crippen LogP contribution < -0.4 is 0 Å². The van der Waals surface area contributed by atoms with E-state index in [4.69, 9.17) is 0 Å². The highest BCUT2D eigenvalue weighted by molar-refractivity contribution is 6.05. The molecule has 1 heterocycles. The number of fused-ring (bicyclic) bond motifs is 1. The summed E-state index contributed by atoms with van der Waals surface area (Å²) >= 11 is 0. The zero-order valence-corrected chi connectivity index (χ0v) is 12.4. The molecule has 0 saturated carbocycles. The number of carbonyl (C=O) groups is 1. The van der Waals surface area contributed by atoms with Gasteiger partial charge in [0.15, 0.2) is 0 Å². The van der Waals surface area contributed by atoms with Gasteiger partial charge >= 0.3 is 5.97 Å². The van der Waals surface area contributed by atoms with E-state index in [1.807, 2.05) is 22.8 Å². The van der Waals surface area contributed by atoms with E-state index in [1.165, 1.54) is 12.1 Å². The van der Waals surface area contributed by atoms with Crippen LogP contribution in [0.4, 0.5) is 5.69 Å². The minimum Gasteiger partial charge on any atom is -0.478 e. The van der Waals surface area contributed by atoms with Gasteiger partial charge in [0.25, 0.3) is 5.69 Å². The van der Waals surface area contributed by atoms with Gasteiger partial charge in [-0.15, -0.1) is 0 Å². The molecule has 0 unspecified atom stereocenters. The van der Waals surface area contributed by atoms with Crippen molar-refractivity contribution in [1.82, 2.24) is 4.57 Å². The molecule has 0 atom stereocenters. The average Bonchev–Trinajstić information content (AvgIpc) is 2.80. The molecule has 0 saturated heterocycles. The van der Waals surface area contributed by atoms with Gasteiger partial charge in [-0.25, -0.2) is 4.79 Å². The van der Waals surface area contributed by atoms with Gasteiger partial charge in [-0.05, 0) is 18.6 Å². The molecule has 0 radical (unpaired) electrons. The molecule has 3 rings (SSSR count). The molecule has 116 valence electrons. The van der Waals surface area contributed by atoms with E-state index >= 15 is 0 Å². The Morgan fingerprint density at radius 1 is 1.17 bits per heavy atom. The standard InChI is InChI=1S/C17H14N2O4/c1-11-16(17(20)21)14-4-2-3-5-15(14)18(11)10-12-6-8-13(9-7-12)19(22)23/h2-9H,10H2,1H3,(H,20,21). The second kappa shape index (κ2) is 5.57. The molecule has 0 aliphatic carbocycles. The summed E-state index contributed by atoms with van der Waals surface area (Å²) in [5, 5.41) is 20.9. The summed E-state index contributed by atoms with van der Waals surface area (Å²) in [6, 6.07) is 13.6. The Balaban J connectivity index is 2.08. The number of para-hydroxylation sites is 1. The first kappa shape index (κ1) is 14.8. The molecule has 0 aliphatic rings. The number of non-ortho nitro benzene ring substituents is 1. The molecular formula is C17H14N2O4. The first-order chi connectivity index (χ1) is 11.0. The van der Waals surface area contributed by atoms with Crippen LogP contribution >= 0.6 is 0 Å². The van der Waals surface area contributed by atoms with E-state index in [1.54, 1.807) is 25.1 Å². The Kier molecular flexibility index (Phi) is 3.57. The summed E-state index contributed by atoms with van der Waals surface area (Å²) in [6.07, 6.45) is 0. The molecule has 3 aromatic rings. The molecule has 0 spiro atoms. The molecule has 2 aromatic carbocycles. The van der Waals surface area contributed by atoms with Crippen molar-refractivity contribution in [2.75, 3.05) is 0 Å². The number of nitro benzene ring substituents is 1. The van der Waals surface area contributed by atoms with Crippen molar-refractivity contribution in [2.45, 2.75) is 13.5 Å². The van der Waals surface area contributed by atoms with Crippen LogP contribution in [0.3, 0.4) is 0 Å². The van der Waals surface area contributed by atoms with Crippen LogP contribution in [0.2, 0.25) is 0 Å². The molecule has 0 amide bonds. The van der Waals surface area contributed by atoms with Crippen molar-refractivity contribution in [3.63, 3.8) is 0 Å². The lowest BCUT2D eigenvalue weighted by Crippen LogP contribution is -2.04. The van der Waals surface area contributed by atoms with Crippen LogP contribution in [0.5, 0.6) is 0 Å². The van der Waals surface area contributed by atoms with Crippen molar-refractivity contribution < 1.29 is 14.8 Å². The molecule has 6 nitrogen and oxygen atoms in total. The lowest BCUT2D eigenvalue weighted by atomic mass is 10.1. The Bertz CT molecular complexity index is 910. The zero-order valence-electron chi connectivity index (χ0n) is 12.4. The first-order valence-electron chi connectivity index (χ1n) is 7.03. The Morgan fingerprint density at radius 2 is 1.83 bits per heavy atom. The molecule has 0 aliphatic heterocycles. The van der Waals surface area contributed by atoms with E-state index in [0.29, 0.717) is 23.2 Å². The van der Waals surface area contributed by atoms with E-state index in [0.717, 1.165) is 11.1 Å². The molecule has 0 fully saturated rings. The number of aromatic nitrogens is 1. The largest absolute Gasteiger partial charge is 0.478 e. The predicted octanol–water partition coefficient (Wildman–Crippen LogP) is 3.60. The van der Waals surface area contributed by atoms with Crippen molar-refractivity contribution >= 4 is 22.6 Å². The van der Waals surface area contributed by atoms with Gasteiger partial charge in [0.05, 0.1) is 10.5 Å². The fraction of sp³-hybridized carbons (Fsp3) is 0.118. The van der Waals surface area contributed by atoms with Crippen LogP contribution in [0.1, 0.15) is 21.6 Å². The van der Waals surface area contributed by atoms with Gasteiger partial charge < -0.3 is 9.67 Å². The van der Waals surface area contributed by atoms with Gasteiger partial charge in [0, 0.05) is 35.3 Å². The summed E-state index contributed by atoms with van der Waals surface area (Å²) in [5.41, 5.74) is 2.70. The van der Waals surface area contributed by atoms with Crippen LogP contribution in [0, 0.1) is 17.0 Å². The average molecular weight is 310 g/mol. The van der Waals surface area contributed by atoms with E-state index in [2.05, 4.69) is 0 Å². The highest BCUT2D eigenvalue weighted by Gasteiger charge is 2.19. The normalized spacial score (nSPS) is 10.8. The Hall–Kier alpha value is -3.15. The van der Waals surface area contributed by atoms with Crippen LogP contribution in [0.25, 0.3) is 10.9 Å². The van der Waals surface area contributed by atoms with Crippen molar-refractivity contribution in [2.24, 2.45) is 0 Å². The summed E-state index contributed by atoms with van der Waals surface area (Å²) in [4.78, 5) is 21.8. The minimum absolute atomic E-state index is 0.0362. The fourth-order valence-corrected chi connectivity index (χ4v) is 2.81. The molecule has 1 aromatic heterocycles. The van der Waals surface area contributed by atoms with Crippen molar-refractivity contribution in [3.05, 3.63) is 75.5 Å². The number of benzene rings is 2. The Morgan fingerprint density at radius 3 is 2.43 bits per heavy atom. The van der Waals surface area contributed by atoms with Gasteiger partial charge in [-0.2, -0.15) is 0 Å². The van der Waals surface area contributed by atoms with Crippen LogP contribution in [0.15, 0.2) is 48.5 Å². The molecule has 23 heavy (non-hydrogen) atoms. The number of rotatable bonds is 4. The maximum atomic E-state index is 11.5. The molecule has 0 bridgehead atoms. The van der Waals surface area contributed by atoms with Gasteiger partial charge in [0.1, 0.15) is 0 Å². The lowest BCUT2D eigenvalue weighted by Gasteiger charge is -2.08. The number of carboxylic acids is 1. The predicted molar refractivity (Wildman–Crippen MR) is 85.8 cm³/mol. The highest BCUT2D eigenvalue weighted by atomic mass is 16.6. The number of hydrogen-bond donors (Lipinski definition) is 1. The molecular weight excluding hydrogens is 296 g/mol. The first-order valence-corrected chi connectivity index (χ1v) is 7.03. The van der Waals surface area contributed by atoms with E-state index in [9.17, 15) is 20.0 Å². The second-order valence-electron chi connectivity index (χ2n) is 5.29. The third kappa shape index (κ3) is 2.55. The number of carboxylic acid groups (broad SMARTS) is 1. The zero-order chi connectivity index (χ0) is 16.6. The minimum atomic E-state index is -0.957. The lowest BCUT2D eigenvalue weighted by molar-refractivity contribution is -0.384. The quantitative estimate of drug-likeness (QED) is 0.589.